The first kappa shape index (κ1) is 24.4. The minimum absolute atomic E-state index is 0.695. The largest absolute Gasteiger partial charge is 0.209 e. The van der Waals surface area contributed by atoms with Gasteiger partial charge < -0.3 is 0 Å². The Balaban J connectivity index is 1.26. The summed E-state index contributed by atoms with van der Waals surface area (Å²) in [7, 11) is 0. The van der Waals surface area contributed by atoms with Crippen molar-refractivity contribution in [3.63, 3.8) is 0 Å². The number of hydrogen-bond donors (Lipinski definition) is 0. The molecule has 1 aromatic heterocycles. The molecule has 42 heavy (non-hydrogen) atoms. The Morgan fingerprint density at radius 1 is 0.405 bits per heavy atom. The molecule has 198 valence electrons. The molecule has 6 aromatic carbocycles. The predicted octanol–water partition coefficient (Wildman–Crippen LogP) is 9.93. The van der Waals surface area contributed by atoms with E-state index in [-0.39, 0.29) is 0 Å². The molecule has 1 aliphatic carbocycles. The van der Waals surface area contributed by atoms with E-state index in [1.165, 1.54) is 43.5 Å². The lowest BCUT2D eigenvalue weighted by molar-refractivity contribution is 0.980. The van der Waals surface area contributed by atoms with E-state index in [9.17, 15) is 0 Å². The lowest BCUT2D eigenvalue weighted by atomic mass is 9.89. The van der Waals surface area contributed by atoms with Crippen LogP contribution in [0.1, 0.15) is 24.2 Å². The summed E-state index contributed by atoms with van der Waals surface area (Å²) in [5.41, 5.74) is 5.52. The molecule has 0 saturated heterocycles. The van der Waals surface area contributed by atoms with Crippen LogP contribution < -0.4 is 0 Å². The van der Waals surface area contributed by atoms with Gasteiger partial charge in [0.15, 0.2) is 17.5 Å². The molecule has 0 atom stereocenters. The van der Waals surface area contributed by atoms with E-state index < -0.39 is 0 Å². The number of nitrogens with zero attached hydrogens (tertiary/aromatic N) is 3. The summed E-state index contributed by atoms with van der Waals surface area (Å²) in [6.07, 6.45) is 6.43. The monoisotopic (exact) mass is 537 g/mol. The summed E-state index contributed by atoms with van der Waals surface area (Å²) in [5, 5.41) is 7.72. The van der Waals surface area contributed by atoms with Gasteiger partial charge in [0.05, 0.1) is 0 Å². The maximum absolute atomic E-state index is 4.99. The summed E-state index contributed by atoms with van der Waals surface area (Å²) in [5.74, 6) is 2.13. The molecule has 1 aliphatic rings. The lowest BCUT2D eigenvalue weighted by Crippen LogP contribution is -2.04. The van der Waals surface area contributed by atoms with Crippen LogP contribution in [-0.4, -0.2) is 15.0 Å². The molecule has 0 N–H and O–H groups in total. The van der Waals surface area contributed by atoms with Crippen molar-refractivity contribution in [3.8, 4) is 22.8 Å². The van der Waals surface area contributed by atoms with Crippen molar-refractivity contribution in [1.29, 1.82) is 0 Å². The molecule has 0 bridgehead atoms. The minimum atomic E-state index is 0.695. The molecule has 3 nitrogen and oxygen atoms in total. The highest BCUT2D eigenvalue weighted by Gasteiger charge is 2.17. The Kier molecular flexibility index (Phi) is 5.93. The number of allylic oxidation sites excluding steroid dienone is 4. The molecule has 8 rings (SSSR count). The van der Waals surface area contributed by atoms with E-state index in [4.69, 9.17) is 15.0 Å². The average molecular weight is 538 g/mol. The van der Waals surface area contributed by atoms with Crippen LogP contribution in [0.3, 0.4) is 0 Å². The number of aromatic nitrogens is 3. The lowest BCUT2D eigenvalue weighted by Gasteiger charge is -2.16. The van der Waals surface area contributed by atoms with E-state index in [1.807, 2.05) is 36.4 Å². The van der Waals surface area contributed by atoms with Crippen LogP contribution in [0.5, 0.6) is 0 Å². The van der Waals surface area contributed by atoms with Crippen molar-refractivity contribution >= 4 is 43.5 Å². The second-order valence-corrected chi connectivity index (χ2v) is 10.8. The Hall–Kier alpha value is -5.41. The molecule has 0 spiro atoms. The maximum atomic E-state index is 4.99. The SMILES string of the molecule is C1=C(c2ccc3c4ccccc4c4ccccc4c3c2)C=C(c2nc(-c3ccccc3)nc(-c3ccccc3)n2)CC1. The number of hydrogen-bond acceptors (Lipinski definition) is 3. The molecule has 7 aromatic rings. The molecular weight excluding hydrogens is 510 g/mol. The quantitative estimate of drug-likeness (QED) is 0.210. The van der Waals surface area contributed by atoms with Gasteiger partial charge >= 0.3 is 0 Å². The van der Waals surface area contributed by atoms with Crippen molar-refractivity contribution in [2.24, 2.45) is 0 Å². The highest BCUT2D eigenvalue weighted by molar-refractivity contribution is 6.25. The first-order valence-corrected chi connectivity index (χ1v) is 14.4. The molecule has 3 heteroatoms. The van der Waals surface area contributed by atoms with Crippen molar-refractivity contribution in [2.75, 3.05) is 0 Å². The van der Waals surface area contributed by atoms with Crippen molar-refractivity contribution in [1.82, 2.24) is 15.0 Å². The second kappa shape index (κ2) is 10.2. The van der Waals surface area contributed by atoms with Gasteiger partial charge in [-0.05, 0) is 74.0 Å². The van der Waals surface area contributed by atoms with Gasteiger partial charge in [0.25, 0.3) is 0 Å². The number of rotatable bonds is 4. The fourth-order valence-corrected chi connectivity index (χ4v) is 6.12. The molecule has 0 amide bonds. The summed E-state index contributed by atoms with van der Waals surface area (Å²) < 4.78 is 0. The number of fused-ring (bicyclic) bond motifs is 6. The fraction of sp³-hybridized carbons (Fsp3) is 0.0513. The van der Waals surface area contributed by atoms with Crippen molar-refractivity contribution < 1.29 is 0 Å². The maximum Gasteiger partial charge on any atom is 0.164 e. The molecule has 0 radical (unpaired) electrons. The van der Waals surface area contributed by atoms with Crippen LogP contribution in [0, 0.1) is 0 Å². The predicted molar refractivity (Wildman–Crippen MR) is 175 cm³/mol. The summed E-state index contributed by atoms with van der Waals surface area (Å²) >= 11 is 0. The van der Waals surface area contributed by atoms with Gasteiger partial charge in [0.2, 0.25) is 0 Å². The van der Waals surface area contributed by atoms with E-state index >= 15 is 0 Å². The summed E-state index contributed by atoms with van der Waals surface area (Å²) in [6, 6.07) is 44.7. The van der Waals surface area contributed by atoms with Crippen molar-refractivity contribution in [3.05, 3.63) is 151 Å². The Bertz CT molecular complexity index is 2080. The van der Waals surface area contributed by atoms with Crippen LogP contribution >= 0.6 is 0 Å². The Morgan fingerprint density at radius 3 is 1.45 bits per heavy atom. The van der Waals surface area contributed by atoms with Gasteiger partial charge in [-0.15, -0.1) is 0 Å². The van der Waals surface area contributed by atoms with E-state index in [1.54, 1.807) is 0 Å². The van der Waals surface area contributed by atoms with Crippen LogP contribution in [0.15, 0.2) is 140 Å². The fourth-order valence-electron chi connectivity index (χ4n) is 6.12. The Labute approximate surface area is 244 Å². The molecule has 1 heterocycles. The van der Waals surface area contributed by atoms with E-state index in [0.29, 0.717) is 11.6 Å². The van der Waals surface area contributed by atoms with Gasteiger partial charge in [0.1, 0.15) is 0 Å². The normalized spacial score (nSPS) is 13.3. The highest BCUT2D eigenvalue weighted by Crippen LogP contribution is 2.38. The third-order valence-electron chi connectivity index (χ3n) is 8.17. The van der Waals surface area contributed by atoms with Crippen molar-refractivity contribution in [2.45, 2.75) is 12.8 Å². The number of benzene rings is 6. The molecular formula is C39H27N3. The zero-order valence-corrected chi connectivity index (χ0v) is 23.0. The molecule has 0 saturated carbocycles. The van der Waals surface area contributed by atoms with Gasteiger partial charge in [0, 0.05) is 11.1 Å². The third kappa shape index (κ3) is 4.27. The van der Waals surface area contributed by atoms with E-state index in [0.717, 1.165) is 35.4 Å². The van der Waals surface area contributed by atoms with E-state index in [2.05, 4.69) is 103 Å². The zero-order valence-electron chi connectivity index (χ0n) is 23.0. The van der Waals surface area contributed by atoms with Crippen LogP contribution in [-0.2, 0) is 0 Å². The molecule has 0 unspecified atom stereocenters. The van der Waals surface area contributed by atoms with Gasteiger partial charge in [-0.25, -0.2) is 15.0 Å². The van der Waals surface area contributed by atoms with Crippen LogP contribution in [0.4, 0.5) is 0 Å². The van der Waals surface area contributed by atoms with Gasteiger partial charge in [-0.2, -0.15) is 0 Å². The van der Waals surface area contributed by atoms with Crippen LogP contribution in [0.25, 0.3) is 66.2 Å². The van der Waals surface area contributed by atoms with Gasteiger partial charge in [-0.1, -0.05) is 127 Å². The zero-order chi connectivity index (χ0) is 27.9. The topological polar surface area (TPSA) is 38.7 Å². The second-order valence-electron chi connectivity index (χ2n) is 10.8. The average Bonchev–Trinajstić information content (AvgIpc) is 3.09. The van der Waals surface area contributed by atoms with Gasteiger partial charge in [-0.3, -0.25) is 0 Å². The first-order chi connectivity index (χ1) is 20.8. The smallest absolute Gasteiger partial charge is 0.164 e. The molecule has 0 aliphatic heterocycles. The third-order valence-corrected chi connectivity index (χ3v) is 8.17. The highest BCUT2D eigenvalue weighted by atomic mass is 15.0. The molecule has 0 fully saturated rings. The van der Waals surface area contributed by atoms with Crippen LogP contribution in [0.2, 0.25) is 0 Å². The minimum Gasteiger partial charge on any atom is -0.209 e. The first-order valence-electron chi connectivity index (χ1n) is 14.4. The summed E-state index contributed by atoms with van der Waals surface area (Å²) in [6.45, 7) is 0. The standard InChI is InChI=1S/C39H27N3/c1-3-12-26(13-4-1)37-40-38(27-14-5-2-6-15-27)42-39(41-37)30-17-11-16-28(24-30)29-22-23-35-33-20-8-7-18-31(33)32-19-9-10-21-34(32)36(35)25-29/h1-10,12-16,18-25H,11,17H2. The summed E-state index contributed by atoms with van der Waals surface area (Å²) in [4.78, 5) is 14.8. The Morgan fingerprint density at radius 2 is 0.881 bits per heavy atom.